The predicted molar refractivity (Wildman–Crippen MR) is 75.0 cm³/mol. The molecule has 2 amide bonds. The normalized spacial score (nSPS) is 19.0. The second-order valence-electron chi connectivity index (χ2n) is 6.05. The van der Waals surface area contributed by atoms with Gasteiger partial charge in [0, 0.05) is 25.8 Å². The molecule has 0 unspecified atom stereocenters. The van der Waals surface area contributed by atoms with Crippen LogP contribution in [0.1, 0.15) is 36.2 Å². The Balaban J connectivity index is 1.34. The van der Waals surface area contributed by atoms with Crippen LogP contribution in [0.15, 0.2) is 12.5 Å². The third kappa shape index (κ3) is 3.34. The fraction of sp³-hybridized carbons (Fsp3) is 0.643. The number of urea groups is 1. The van der Waals surface area contributed by atoms with E-state index in [1.165, 1.54) is 38.2 Å². The van der Waals surface area contributed by atoms with Gasteiger partial charge >= 0.3 is 12.0 Å². The minimum atomic E-state index is -1.05. The number of amides is 2. The van der Waals surface area contributed by atoms with Crippen molar-refractivity contribution in [2.45, 2.75) is 32.2 Å². The number of imidazole rings is 1. The SMILES string of the molecule is O=C(NCCn1cnc(C(=O)O)c1)NCC1(C2CC2)CC1. The lowest BCUT2D eigenvalue weighted by molar-refractivity contribution is 0.0691. The molecule has 0 aromatic carbocycles. The lowest BCUT2D eigenvalue weighted by atomic mass is 10.0. The Morgan fingerprint density at radius 3 is 2.71 bits per heavy atom. The summed E-state index contributed by atoms with van der Waals surface area (Å²) in [4.78, 5) is 26.2. The largest absolute Gasteiger partial charge is 0.476 e. The summed E-state index contributed by atoms with van der Waals surface area (Å²) >= 11 is 0. The number of carbonyl (C=O) groups excluding carboxylic acids is 1. The average molecular weight is 292 g/mol. The molecule has 2 saturated carbocycles. The Labute approximate surface area is 122 Å². The van der Waals surface area contributed by atoms with Crippen LogP contribution in [0.2, 0.25) is 0 Å². The summed E-state index contributed by atoms with van der Waals surface area (Å²) in [6.45, 7) is 1.72. The molecule has 3 rings (SSSR count). The van der Waals surface area contributed by atoms with Crippen molar-refractivity contribution in [1.82, 2.24) is 20.2 Å². The molecule has 2 aliphatic rings. The van der Waals surface area contributed by atoms with E-state index in [4.69, 9.17) is 5.11 Å². The van der Waals surface area contributed by atoms with Crippen LogP contribution in [-0.2, 0) is 6.54 Å². The molecule has 0 radical (unpaired) electrons. The molecule has 0 saturated heterocycles. The number of hydrogen-bond acceptors (Lipinski definition) is 3. The Kier molecular flexibility index (Phi) is 3.57. The quantitative estimate of drug-likeness (QED) is 0.700. The molecular formula is C14H20N4O3. The average Bonchev–Trinajstić information content (AvgIpc) is 3.35. The Bertz CT molecular complexity index is 546. The number of nitrogens with zero attached hydrogens (tertiary/aromatic N) is 2. The molecule has 0 bridgehead atoms. The van der Waals surface area contributed by atoms with Crippen LogP contribution in [-0.4, -0.2) is 39.7 Å². The first kappa shape index (κ1) is 13.9. The number of rotatable bonds is 7. The molecule has 114 valence electrons. The van der Waals surface area contributed by atoms with Gasteiger partial charge in [-0.3, -0.25) is 0 Å². The van der Waals surface area contributed by atoms with Gasteiger partial charge in [-0.05, 0) is 37.0 Å². The van der Waals surface area contributed by atoms with Crippen molar-refractivity contribution < 1.29 is 14.7 Å². The van der Waals surface area contributed by atoms with Gasteiger partial charge in [-0.1, -0.05) is 0 Å². The number of hydrogen-bond donors (Lipinski definition) is 3. The number of carboxylic acids is 1. The maximum absolute atomic E-state index is 11.7. The molecule has 2 aliphatic carbocycles. The summed E-state index contributed by atoms with van der Waals surface area (Å²) in [6.07, 6.45) is 8.02. The number of carboxylic acid groups (broad SMARTS) is 1. The second-order valence-corrected chi connectivity index (χ2v) is 6.05. The van der Waals surface area contributed by atoms with E-state index >= 15 is 0 Å². The molecule has 21 heavy (non-hydrogen) atoms. The highest BCUT2D eigenvalue weighted by molar-refractivity contribution is 5.84. The maximum atomic E-state index is 11.7. The van der Waals surface area contributed by atoms with Gasteiger partial charge in [-0.2, -0.15) is 0 Å². The van der Waals surface area contributed by atoms with Gasteiger partial charge in [0.05, 0.1) is 6.33 Å². The van der Waals surface area contributed by atoms with Crippen molar-refractivity contribution in [3.63, 3.8) is 0 Å². The first-order valence-corrected chi connectivity index (χ1v) is 7.36. The monoisotopic (exact) mass is 292 g/mol. The zero-order chi connectivity index (χ0) is 14.9. The van der Waals surface area contributed by atoms with Crippen LogP contribution >= 0.6 is 0 Å². The highest BCUT2D eigenvalue weighted by Gasteiger charge is 2.53. The van der Waals surface area contributed by atoms with Crippen LogP contribution in [0.4, 0.5) is 4.79 Å². The zero-order valence-electron chi connectivity index (χ0n) is 11.8. The fourth-order valence-electron chi connectivity index (χ4n) is 2.80. The van der Waals surface area contributed by atoms with E-state index in [1.54, 1.807) is 4.57 Å². The molecule has 0 atom stereocenters. The van der Waals surface area contributed by atoms with E-state index in [0.29, 0.717) is 18.5 Å². The predicted octanol–water partition coefficient (Wildman–Crippen LogP) is 1.07. The zero-order valence-corrected chi connectivity index (χ0v) is 11.8. The molecule has 0 spiro atoms. The fourth-order valence-corrected chi connectivity index (χ4v) is 2.80. The molecule has 3 N–H and O–H groups in total. The van der Waals surface area contributed by atoms with E-state index in [0.717, 1.165) is 12.5 Å². The van der Waals surface area contributed by atoms with E-state index in [2.05, 4.69) is 15.6 Å². The standard InChI is InChI=1S/C14H20N4O3/c19-12(20)11-7-18(9-17-11)6-5-15-13(21)16-8-14(3-4-14)10-1-2-10/h7,9-10H,1-6,8H2,(H,19,20)(H2,15,16,21). The van der Waals surface area contributed by atoms with Crippen LogP contribution in [0.5, 0.6) is 0 Å². The molecule has 1 aromatic rings. The molecule has 1 heterocycles. The van der Waals surface area contributed by atoms with Crippen molar-refractivity contribution in [2.75, 3.05) is 13.1 Å². The van der Waals surface area contributed by atoms with Gasteiger partial charge in [0.2, 0.25) is 0 Å². The van der Waals surface area contributed by atoms with Crippen molar-refractivity contribution in [3.8, 4) is 0 Å². The van der Waals surface area contributed by atoms with Crippen molar-refractivity contribution in [2.24, 2.45) is 11.3 Å². The summed E-state index contributed by atoms with van der Waals surface area (Å²) in [5, 5.41) is 14.5. The lowest BCUT2D eigenvalue weighted by Crippen LogP contribution is -2.40. The van der Waals surface area contributed by atoms with Crippen LogP contribution < -0.4 is 10.6 Å². The van der Waals surface area contributed by atoms with E-state index in [-0.39, 0.29) is 11.7 Å². The minimum absolute atomic E-state index is 0.0135. The number of aromatic carboxylic acids is 1. The van der Waals surface area contributed by atoms with Crippen molar-refractivity contribution >= 4 is 12.0 Å². The Hall–Kier alpha value is -2.05. The summed E-state index contributed by atoms with van der Waals surface area (Å²) in [6, 6.07) is -0.152. The Morgan fingerprint density at radius 1 is 1.38 bits per heavy atom. The first-order chi connectivity index (χ1) is 10.1. The highest BCUT2D eigenvalue weighted by Crippen LogP contribution is 2.60. The molecular weight excluding hydrogens is 272 g/mol. The molecule has 7 heteroatoms. The molecule has 1 aromatic heterocycles. The van der Waals surface area contributed by atoms with Crippen LogP contribution in [0.3, 0.4) is 0 Å². The Morgan fingerprint density at radius 2 is 2.14 bits per heavy atom. The number of nitrogens with one attached hydrogen (secondary N) is 2. The lowest BCUT2D eigenvalue weighted by Gasteiger charge is -2.15. The van der Waals surface area contributed by atoms with Crippen LogP contribution in [0, 0.1) is 11.3 Å². The summed E-state index contributed by atoms with van der Waals surface area (Å²) in [5.41, 5.74) is 0.414. The minimum Gasteiger partial charge on any atom is -0.476 e. The van der Waals surface area contributed by atoms with Gasteiger partial charge in [0.25, 0.3) is 0 Å². The van der Waals surface area contributed by atoms with E-state index in [1.807, 2.05) is 0 Å². The van der Waals surface area contributed by atoms with Gasteiger partial charge in [-0.15, -0.1) is 0 Å². The van der Waals surface area contributed by atoms with E-state index in [9.17, 15) is 9.59 Å². The maximum Gasteiger partial charge on any atom is 0.356 e. The second kappa shape index (κ2) is 5.38. The molecule has 2 fully saturated rings. The summed E-state index contributed by atoms with van der Waals surface area (Å²) in [7, 11) is 0. The highest BCUT2D eigenvalue weighted by atomic mass is 16.4. The van der Waals surface area contributed by atoms with Crippen LogP contribution in [0.25, 0.3) is 0 Å². The first-order valence-electron chi connectivity index (χ1n) is 7.36. The summed E-state index contributed by atoms with van der Waals surface area (Å²) in [5.74, 6) is -0.215. The molecule has 0 aliphatic heterocycles. The van der Waals surface area contributed by atoms with Crippen molar-refractivity contribution in [1.29, 1.82) is 0 Å². The molecule has 7 nitrogen and oxygen atoms in total. The smallest absolute Gasteiger partial charge is 0.356 e. The number of carbonyl (C=O) groups is 2. The topological polar surface area (TPSA) is 96.2 Å². The van der Waals surface area contributed by atoms with Gasteiger partial charge in [0.1, 0.15) is 0 Å². The van der Waals surface area contributed by atoms with Gasteiger partial charge in [0.15, 0.2) is 5.69 Å². The van der Waals surface area contributed by atoms with E-state index < -0.39 is 5.97 Å². The van der Waals surface area contributed by atoms with Gasteiger partial charge in [-0.25, -0.2) is 14.6 Å². The third-order valence-corrected chi connectivity index (χ3v) is 4.44. The van der Waals surface area contributed by atoms with Gasteiger partial charge < -0.3 is 20.3 Å². The number of aromatic nitrogens is 2. The third-order valence-electron chi connectivity index (χ3n) is 4.44. The summed E-state index contributed by atoms with van der Waals surface area (Å²) < 4.78 is 1.65. The van der Waals surface area contributed by atoms with Crippen molar-refractivity contribution in [3.05, 3.63) is 18.2 Å².